The Bertz CT molecular complexity index is 398. The second-order valence-electron chi connectivity index (χ2n) is 3.59. The summed E-state index contributed by atoms with van der Waals surface area (Å²) in [6.45, 7) is 2.00. The summed E-state index contributed by atoms with van der Waals surface area (Å²) >= 11 is 0. The minimum absolute atomic E-state index is 0. The molecule has 0 aliphatic rings. The summed E-state index contributed by atoms with van der Waals surface area (Å²) in [6, 6.07) is 4.89. The van der Waals surface area contributed by atoms with E-state index in [1.54, 1.807) is 27.2 Å². The predicted molar refractivity (Wildman–Crippen MR) is 70.7 cm³/mol. The number of carboxylic acids is 1. The Kier molecular flexibility index (Phi) is 7.16. The van der Waals surface area contributed by atoms with Gasteiger partial charge in [0.05, 0.1) is 14.2 Å². The van der Waals surface area contributed by atoms with Gasteiger partial charge in [0.2, 0.25) is 0 Å². The Morgan fingerprint density at radius 1 is 1.39 bits per heavy atom. The van der Waals surface area contributed by atoms with Gasteiger partial charge in [0, 0.05) is 12.1 Å². The topological polar surface area (TPSA) is 67.8 Å². The van der Waals surface area contributed by atoms with Crippen LogP contribution in [0.1, 0.15) is 12.5 Å². The third kappa shape index (κ3) is 4.09. The normalized spacial score (nSPS) is 11.3. The Labute approximate surface area is 113 Å². The van der Waals surface area contributed by atoms with Crippen molar-refractivity contribution in [2.75, 3.05) is 14.2 Å². The average molecular weight is 276 g/mol. The van der Waals surface area contributed by atoms with Gasteiger partial charge in [-0.2, -0.15) is 0 Å². The van der Waals surface area contributed by atoms with E-state index in [1.807, 2.05) is 12.1 Å². The fourth-order valence-electron chi connectivity index (χ4n) is 1.44. The molecule has 0 spiro atoms. The van der Waals surface area contributed by atoms with Crippen LogP contribution in [0.5, 0.6) is 11.5 Å². The lowest BCUT2D eigenvalue weighted by atomic mass is 10.1. The van der Waals surface area contributed by atoms with Crippen molar-refractivity contribution in [3.63, 3.8) is 0 Å². The molecule has 0 radical (unpaired) electrons. The Hall–Kier alpha value is -1.46. The van der Waals surface area contributed by atoms with Crippen LogP contribution in [0.25, 0.3) is 0 Å². The van der Waals surface area contributed by atoms with Gasteiger partial charge in [0.25, 0.3) is 0 Å². The number of benzene rings is 1. The molecule has 0 aliphatic heterocycles. The fourth-order valence-corrected chi connectivity index (χ4v) is 1.44. The Balaban J connectivity index is 0.00000289. The summed E-state index contributed by atoms with van der Waals surface area (Å²) < 4.78 is 10.4. The number of rotatable bonds is 6. The molecule has 1 unspecified atom stereocenters. The highest BCUT2D eigenvalue weighted by Gasteiger charge is 2.13. The first-order valence-electron chi connectivity index (χ1n) is 5.26. The molecule has 0 fully saturated rings. The predicted octanol–water partition coefficient (Wildman–Crippen LogP) is 1.69. The van der Waals surface area contributed by atoms with E-state index in [9.17, 15) is 4.79 Å². The first-order chi connectivity index (χ1) is 8.10. The van der Waals surface area contributed by atoms with E-state index in [-0.39, 0.29) is 12.4 Å². The van der Waals surface area contributed by atoms with Crippen molar-refractivity contribution in [1.29, 1.82) is 0 Å². The number of aliphatic carboxylic acids is 1. The van der Waals surface area contributed by atoms with E-state index in [1.165, 1.54) is 0 Å². The molecule has 1 rings (SSSR count). The van der Waals surface area contributed by atoms with Gasteiger partial charge in [-0.05, 0) is 13.0 Å². The third-order valence-corrected chi connectivity index (χ3v) is 2.45. The van der Waals surface area contributed by atoms with Gasteiger partial charge < -0.3 is 19.9 Å². The smallest absolute Gasteiger partial charge is 0.320 e. The highest BCUT2D eigenvalue weighted by molar-refractivity contribution is 5.85. The van der Waals surface area contributed by atoms with Crippen molar-refractivity contribution in [1.82, 2.24) is 5.32 Å². The molecule has 5 nitrogen and oxygen atoms in total. The van der Waals surface area contributed by atoms with Gasteiger partial charge in [-0.15, -0.1) is 12.4 Å². The zero-order chi connectivity index (χ0) is 12.8. The maximum atomic E-state index is 10.7. The van der Waals surface area contributed by atoms with Crippen molar-refractivity contribution in [3.05, 3.63) is 23.8 Å². The van der Waals surface area contributed by atoms with Gasteiger partial charge in [0.1, 0.15) is 6.04 Å². The number of hydrogen-bond donors (Lipinski definition) is 2. The van der Waals surface area contributed by atoms with Crippen LogP contribution in [0.4, 0.5) is 0 Å². The average Bonchev–Trinajstić information content (AvgIpc) is 2.34. The monoisotopic (exact) mass is 275 g/mol. The number of nitrogens with one attached hydrogen (secondary N) is 1. The molecule has 0 heterocycles. The van der Waals surface area contributed by atoms with Gasteiger partial charge >= 0.3 is 5.97 Å². The molecule has 2 N–H and O–H groups in total. The maximum Gasteiger partial charge on any atom is 0.320 e. The van der Waals surface area contributed by atoms with Crippen molar-refractivity contribution < 1.29 is 19.4 Å². The second-order valence-corrected chi connectivity index (χ2v) is 3.59. The standard InChI is InChI=1S/C12H17NO4.ClH/c1-8(12(14)15)13-7-9-5-4-6-10(16-2)11(9)17-3;/h4-6,8,13H,7H2,1-3H3,(H,14,15);1H. The lowest BCUT2D eigenvalue weighted by Gasteiger charge is -2.14. The molecule has 0 amide bonds. The van der Waals surface area contributed by atoms with Crippen LogP contribution < -0.4 is 14.8 Å². The molecule has 18 heavy (non-hydrogen) atoms. The van der Waals surface area contributed by atoms with E-state index in [0.717, 1.165) is 5.56 Å². The summed E-state index contributed by atoms with van der Waals surface area (Å²) in [7, 11) is 3.12. The van der Waals surface area contributed by atoms with Crippen LogP contribution in [0.3, 0.4) is 0 Å². The van der Waals surface area contributed by atoms with Crippen LogP contribution in [0, 0.1) is 0 Å². The first kappa shape index (κ1) is 16.5. The van der Waals surface area contributed by atoms with Gasteiger partial charge in [-0.1, -0.05) is 12.1 Å². The fraction of sp³-hybridized carbons (Fsp3) is 0.417. The molecule has 0 saturated carbocycles. The van der Waals surface area contributed by atoms with Gasteiger partial charge in [0.15, 0.2) is 11.5 Å². The van der Waals surface area contributed by atoms with Crippen LogP contribution in [-0.2, 0) is 11.3 Å². The molecule has 1 aromatic carbocycles. The van der Waals surface area contributed by atoms with Crippen LogP contribution >= 0.6 is 12.4 Å². The van der Waals surface area contributed by atoms with E-state index < -0.39 is 12.0 Å². The van der Waals surface area contributed by atoms with Crippen LogP contribution in [0.15, 0.2) is 18.2 Å². The lowest BCUT2D eigenvalue weighted by Crippen LogP contribution is -2.33. The molecular weight excluding hydrogens is 258 g/mol. The molecule has 0 aliphatic carbocycles. The summed E-state index contributed by atoms with van der Waals surface area (Å²) in [6.07, 6.45) is 0. The van der Waals surface area contributed by atoms with Crippen LogP contribution in [-0.4, -0.2) is 31.3 Å². The second kappa shape index (κ2) is 7.79. The molecular formula is C12H18ClNO4. The van der Waals surface area contributed by atoms with E-state index >= 15 is 0 Å². The zero-order valence-corrected chi connectivity index (χ0v) is 11.4. The highest BCUT2D eigenvalue weighted by Crippen LogP contribution is 2.30. The minimum Gasteiger partial charge on any atom is -0.493 e. The number of hydrogen-bond acceptors (Lipinski definition) is 4. The Morgan fingerprint density at radius 2 is 2.06 bits per heavy atom. The number of para-hydroxylation sites is 1. The molecule has 6 heteroatoms. The molecule has 1 aromatic rings. The van der Waals surface area contributed by atoms with E-state index in [0.29, 0.717) is 18.0 Å². The summed E-state index contributed by atoms with van der Waals surface area (Å²) in [5.41, 5.74) is 0.861. The lowest BCUT2D eigenvalue weighted by molar-refractivity contribution is -0.139. The van der Waals surface area contributed by atoms with Crippen molar-refractivity contribution in [2.24, 2.45) is 0 Å². The number of carboxylic acid groups (broad SMARTS) is 1. The van der Waals surface area contributed by atoms with E-state index in [4.69, 9.17) is 14.6 Å². The summed E-state index contributed by atoms with van der Waals surface area (Å²) in [5, 5.41) is 11.7. The number of carbonyl (C=O) groups is 1. The SMILES string of the molecule is COc1cccc(CNC(C)C(=O)O)c1OC.Cl. The van der Waals surface area contributed by atoms with E-state index in [2.05, 4.69) is 5.32 Å². The Morgan fingerprint density at radius 3 is 2.56 bits per heavy atom. The summed E-state index contributed by atoms with van der Waals surface area (Å²) in [5.74, 6) is 0.377. The van der Waals surface area contributed by atoms with Gasteiger partial charge in [-0.25, -0.2) is 0 Å². The molecule has 102 valence electrons. The molecule has 0 saturated heterocycles. The number of ether oxygens (including phenoxy) is 2. The number of methoxy groups -OCH3 is 2. The maximum absolute atomic E-state index is 10.7. The molecule has 0 bridgehead atoms. The van der Waals surface area contributed by atoms with Crippen molar-refractivity contribution in [2.45, 2.75) is 19.5 Å². The van der Waals surface area contributed by atoms with Gasteiger partial charge in [-0.3, -0.25) is 4.79 Å². The molecule has 1 atom stereocenters. The largest absolute Gasteiger partial charge is 0.493 e. The third-order valence-electron chi connectivity index (χ3n) is 2.45. The minimum atomic E-state index is -0.883. The highest BCUT2D eigenvalue weighted by atomic mass is 35.5. The molecule has 0 aromatic heterocycles. The summed E-state index contributed by atoms with van der Waals surface area (Å²) in [4.78, 5) is 10.7. The van der Waals surface area contributed by atoms with Crippen LogP contribution in [0.2, 0.25) is 0 Å². The number of halogens is 1. The quantitative estimate of drug-likeness (QED) is 0.827. The first-order valence-corrected chi connectivity index (χ1v) is 5.26. The zero-order valence-electron chi connectivity index (χ0n) is 10.6. The van der Waals surface area contributed by atoms with Crippen molar-refractivity contribution >= 4 is 18.4 Å². The van der Waals surface area contributed by atoms with Crippen molar-refractivity contribution in [3.8, 4) is 11.5 Å².